The molecule has 0 spiro atoms. The van der Waals surface area contributed by atoms with Gasteiger partial charge in [0.15, 0.2) is 5.43 Å². The van der Waals surface area contributed by atoms with Crippen LogP contribution >= 0.6 is 0 Å². The highest BCUT2D eigenvalue weighted by Gasteiger charge is 2.11. The predicted molar refractivity (Wildman–Crippen MR) is 94.5 cm³/mol. The molecular formula is C20H21NO2. The number of H-pyrrole nitrogens is 1. The molecule has 1 N–H and O–H groups in total. The molecule has 0 saturated heterocycles. The van der Waals surface area contributed by atoms with E-state index in [0.717, 1.165) is 39.0 Å². The molecule has 0 aliphatic rings. The number of benzene rings is 2. The van der Waals surface area contributed by atoms with E-state index in [0.29, 0.717) is 13.0 Å². The van der Waals surface area contributed by atoms with Crippen LogP contribution < -0.4 is 10.2 Å². The Morgan fingerprint density at radius 1 is 1.04 bits per heavy atom. The molecule has 0 radical (unpaired) electrons. The first kappa shape index (κ1) is 15.3. The van der Waals surface area contributed by atoms with Crippen molar-refractivity contribution in [2.75, 3.05) is 6.61 Å². The van der Waals surface area contributed by atoms with Gasteiger partial charge in [-0.2, -0.15) is 0 Å². The highest BCUT2D eigenvalue weighted by Crippen LogP contribution is 2.19. The molecule has 1 aromatic heterocycles. The van der Waals surface area contributed by atoms with Crippen LogP contribution in [-0.2, 0) is 6.42 Å². The van der Waals surface area contributed by atoms with Gasteiger partial charge < -0.3 is 9.72 Å². The Morgan fingerprint density at radius 2 is 1.78 bits per heavy atom. The zero-order chi connectivity index (χ0) is 16.4. The third-order valence-corrected chi connectivity index (χ3v) is 4.17. The van der Waals surface area contributed by atoms with Crippen LogP contribution in [0.3, 0.4) is 0 Å². The largest absolute Gasteiger partial charge is 0.494 e. The zero-order valence-corrected chi connectivity index (χ0v) is 13.8. The second kappa shape index (κ2) is 6.29. The van der Waals surface area contributed by atoms with Gasteiger partial charge in [0.2, 0.25) is 0 Å². The number of hydrogen-bond acceptors (Lipinski definition) is 2. The third-order valence-electron chi connectivity index (χ3n) is 4.17. The van der Waals surface area contributed by atoms with E-state index in [1.54, 1.807) is 0 Å². The summed E-state index contributed by atoms with van der Waals surface area (Å²) >= 11 is 0. The minimum absolute atomic E-state index is 0.119. The summed E-state index contributed by atoms with van der Waals surface area (Å²) in [7, 11) is 0. The van der Waals surface area contributed by atoms with Crippen LogP contribution in [0.25, 0.3) is 10.9 Å². The molecule has 0 aliphatic heterocycles. The molecule has 3 aromatic rings. The Hall–Kier alpha value is -2.55. The summed E-state index contributed by atoms with van der Waals surface area (Å²) in [5.41, 5.74) is 5.02. The molecular weight excluding hydrogens is 286 g/mol. The molecule has 1 heterocycles. The smallest absolute Gasteiger partial charge is 0.193 e. The monoisotopic (exact) mass is 307 g/mol. The maximum atomic E-state index is 12.8. The number of nitrogens with one attached hydrogen (secondary N) is 1. The molecule has 3 nitrogen and oxygen atoms in total. The van der Waals surface area contributed by atoms with Gasteiger partial charge in [-0.05, 0) is 50.1 Å². The van der Waals surface area contributed by atoms with Crippen molar-refractivity contribution in [2.24, 2.45) is 0 Å². The minimum Gasteiger partial charge on any atom is -0.494 e. The van der Waals surface area contributed by atoms with Crippen molar-refractivity contribution in [3.05, 3.63) is 75.1 Å². The lowest BCUT2D eigenvalue weighted by Gasteiger charge is -2.10. The van der Waals surface area contributed by atoms with Crippen LogP contribution in [-0.4, -0.2) is 11.6 Å². The SMILES string of the molecule is CCOc1ccc(Cc2c(C)[nH]c3c(C)cccc3c2=O)cc1. The molecule has 118 valence electrons. The predicted octanol–water partition coefficient (Wildman–Crippen LogP) is 4.13. The van der Waals surface area contributed by atoms with Gasteiger partial charge in [0.25, 0.3) is 0 Å². The average molecular weight is 307 g/mol. The minimum atomic E-state index is 0.119. The second-order valence-electron chi connectivity index (χ2n) is 5.81. The van der Waals surface area contributed by atoms with Gasteiger partial charge in [-0.15, -0.1) is 0 Å². The molecule has 0 fully saturated rings. The number of ether oxygens (including phenoxy) is 1. The van der Waals surface area contributed by atoms with Crippen molar-refractivity contribution in [3.63, 3.8) is 0 Å². The van der Waals surface area contributed by atoms with E-state index in [1.807, 2.05) is 63.2 Å². The number of rotatable bonds is 4. The van der Waals surface area contributed by atoms with Crippen LogP contribution in [0.5, 0.6) is 5.75 Å². The summed E-state index contributed by atoms with van der Waals surface area (Å²) in [4.78, 5) is 16.2. The van der Waals surface area contributed by atoms with Crippen molar-refractivity contribution in [1.82, 2.24) is 4.98 Å². The molecule has 0 atom stereocenters. The average Bonchev–Trinajstić information content (AvgIpc) is 2.54. The maximum Gasteiger partial charge on any atom is 0.193 e. The quantitative estimate of drug-likeness (QED) is 0.787. The first-order valence-corrected chi connectivity index (χ1v) is 7.93. The van der Waals surface area contributed by atoms with Crippen LogP contribution in [0, 0.1) is 13.8 Å². The fourth-order valence-corrected chi connectivity index (χ4v) is 2.91. The van der Waals surface area contributed by atoms with Gasteiger partial charge in [0.1, 0.15) is 5.75 Å². The summed E-state index contributed by atoms with van der Waals surface area (Å²) in [5, 5.41) is 0.761. The Morgan fingerprint density at radius 3 is 2.48 bits per heavy atom. The molecule has 3 rings (SSSR count). The summed E-state index contributed by atoms with van der Waals surface area (Å²) in [6.07, 6.45) is 0.622. The lowest BCUT2D eigenvalue weighted by atomic mass is 10.00. The Labute approximate surface area is 135 Å². The summed E-state index contributed by atoms with van der Waals surface area (Å²) in [6.45, 7) is 6.61. The number of fused-ring (bicyclic) bond motifs is 1. The van der Waals surface area contributed by atoms with Crippen molar-refractivity contribution < 1.29 is 4.74 Å². The maximum absolute atomic E-state index is 12.8. The normalized spacial score (nSPS) is 10.9. The van der Waals surface area contributed by atoms with Crippen LogP contribution in [0.4, 0.5) is 0 Å². The van der Waals surface area contributed by atoms with Crippen molar-refractivity contribution in [1.29, 1.82) is 0 Å². The molecule has 2 aromatic carbocycles. The molecule has 23 heavy (non-hydrogen) atoms. The van der Waals surface area contributed by atoms with E-state index in [9.17, 15) is 4.79 Å². The van der Waals surface area contributed by atoms with E-state index >= 15 is 0 Å². The zero-order valence-electron chi connectivity index (χ0n) is 13.8. The number of hydrogen-bond donors (Lipinski definition) is 1. The molecule has 0 bridgehead atoms. The Bertz CT molecular complexity index is 892. The number of para-hydroxylation sites is 1. The first-order chi connectivity index (χ1) is 11.1. The Balaban J connectivity index is 2.01. The van der Waals surface area contributed by atoms with Crippen molar-refractivity contribution in [3.8, 4) is 5.75 Å². The van der Waals surface area contributed by atoms with E-state index in [1.165, 1.54) is 0 Å². The van der Waals surface area contributed by atoms with Gasteiger partial charge in [0.05, 0.1) is 12.1 Å². The van der Waals surface area contributed by atoms with E-state index in [2.05, 4.69) is 4.98 Å². The fraction of sp³-hybridized carbons (Fsp3) is 0.250. The van der Waals surface area contributed by atoms with E-state index < -0.39 is 0 Å². The van der Waals surface area contributed by atoms with Crippen LogP contribution in [0.2, 0.25) is 0 Å². The highest BCUT2D eigenvalue weighted by molar-refractivity contribution is 5.82. The van der Waals surface area contributed by atoms with Gasteiger partial charge in [-0.1, -0.05) is 24.3 Å². The lowest BCUT2D eigenvalue weighted by molar-refractivity contribution is 0.340. The Kier molecular flexibility index (Phi) is 4.20. The summed E-state index contributed by atoms with van der Waals surface area (Å²) in [6, 6.07) is 13.8. The number of pyridine rings is 1. The number of aromatic amines is 1. The molecule has 0 saturated carbocycles. The molecule has 0 aliphatic carbocycles. The summed E-state index contributed by atoms with van der Waals surface area (Å²) in [5.74, 6) is 0.857. The van der Waals surface area contributed by atoms with Gasteiger partial charge in [0, 0.05) is 23.1 Å². The van der Waals surface area contributed by atoms with Gasteiger partial charge >= 0.3 is 0 Å². The van der Waals surface area contributed by atoms with Crippen molar-refractivity contribution >= 4 is 10.9 Å². The third kappa shape index (κ3) is 3.00. The lowest BCUT2D eigenvalue weighted by Crippen LogP contribution is -2.14. The fourth-order valence-electron chi connectivity index (χ4n) is 2.91. The van der Waals surface area contributed by atoms with Crippen LogP contribution in [0.15, 0.2) is 47.3 Å². The van der Waals surface area contributed by atoms with Crippen LogP contribution in [0.1, 0.15) is 29.3 Å². The van der Waals surface area contributed by atoms with Gasteiger partial charge in [-0.3, -0.25) is 4.79 Å². The highest BCUT2D eigenvalue weighted by atomic mass is 16.5. The molecule has 0 unspecified atom stereocenters. The standard InChI is InChI=1S/C20H21NO2/c1-4-23-16-10-8-15(9-11-16)12-18-14(3)21-19-13(2)6-5-7-17(19)20(18)22/h5-11H,4,12H2,1-3H3,(H,21,22). The second-order valence-corrected chi connectivity index (χ2v) is 5.81. The van der Waals surface area contributed by atoms with Crippen molar-refractivity contribution in [2.45, 2.75) is 27.2 Å². The molecule has 0 amide bonds. The first-order valence-electron chi connectivity index (χ1n) is 7.93. The number of aryl methyl sites for hydroxylation is 2. The number of aromatic nitrogens is 1. The molecule has 3 heteroatoms. The summed E-state index contributed by atoms with van der Waals surface area (Å²) < 4.78 is 5.46. The topological polar surface area (TPSA) is 42.1 Å². The van der Waals surface area contributed by atoms with E-state index in [-0.39, 0.29) is 5.43 Å². The van der Waals surface area contributed by atoms with Gasteiger partial charge in [-0.25, -0.2) is 0 Å². The van der Waals surface area contributed by atoms with E-state index in [4.69, 9.17) is 4.74 Å².